The van der Waals surface area contributed by atoms with Gasteiger partial charge in [0, 0.05) is 25.0 Å². The lowest BCUT2D eigenvalue weighted by molar-refractivity contribution is -0.134. The van der Waals surface area contributed by atoms with Crippen LogP contribution in [0.4, 0.5) is 13.2 Å². The number of aromatic amines is 1. The fraction of sp³-hybridized carbons (Fsp3) is 0.462. The number of fused-ring (bicyclic) bond motifs is 2. The van der Waals surface area contributed by atoms with Gasteiger partial charge in [0.05, 0.1) is 30.7 Å². The van der Waals surface area contributed by atoms with Crippen LogP contribution in [0.5, 0.6) is 11.5 Å². The normalized spacial score (nSPS) is 15.3. The van der Waals surface area contributed by atoms with Crippen LogP contribution in [0.15, 0.2) is 12.1 Å². The van der Waals surface area contributed by atoms with Crippen molar-refractivity contribution in [3.8, 4) is 11.5 Å². The fourth-order valence-electron chi connectivity index (χ4n) is 2.10. The Morgan fingerprint density at radius 1 is 1.15 bits per heavy atom. The molecule has 1 aromatic heterocycles. The fourth-order valence-corrected chi connectivity index (χ4v) is 2.10. The second kappa shape index (κ2) is 4.88. The largest absolute Gasteiger partial charge is 0.489 e. The number of aromatic nitrogens is 2. The van der Waals surface area contributed by atoms with Crippen molar-refractivity contribution in [1.82, 2.24) is 9.97 Å². The Balaban J connectivity index is 1.88. The SMILES string of the molecule is FC(F)(F)CCc1nc2cc3c(cc2[nH]1)OCCCO3. The predicted octanol–water partition coefficient (Wildman–Crippen LogP) is 3.22. The van der Waals surface area contributed by atoms with Crippen molar-refractivity contribution in [2.24, 2.45) is 0 Å². The Morgan fingerprint density at radius 3 is 2.55 bits per heavy atom. The molecule has 0 atom stereocenters. The average molecular weight is 286 g/mol. The van der Waals surface area contributed by atoms with E-state index in [1.54, 1.807) is 12.1 Å². The van der Waals surface area contributed by atoms with E-state index in [0.29, 0.717) is 41.6 Å². The Labute approximate surface area is 112 Å². The van der Waals surface area contributed by atoms with E-state index in [0.717, 1.165) is 6.42 Å². The molecule has 0 aliphatic carbocycles. The van der Waals surface area contributed by atoms with E-state index < -0.39 is 12.6 Å². The van der Waals surface area contributed by atoms with Crippen LogP contribution < -0.4 is 9.47 Å². The second-order valence-electron chi connectivity index (χ2n) is 4.67. The van der Waals surface area contributed by atoms with E-state index in [2.05, 4.69) is 9.97 Å². The number of halogens is 3. The molecule has 0 saturated carbocycles. The van der Waals surface area contributed by atoms with Gasteiger partial charge in [-0.05, 0) is 0 Å². The molecule has 0 spiro atoms. The zero-order valence-electron chi connectivity index (χ0n) is 10.6. The van der Waals surface area contributed by atoms with E-state index in [-0.39, 0.29) is 6.42 Å². The van der Waals surface area contributed by atoms with Gasteiger partial charge in [0.25, 0.3) is 0 Å². The third-order valence-electron chi connectivity index (χ3n) is 3.05. The molecule has 4 nitrogen and oxygen atoms in total. The van der Waals surface area contributed by atoms with E-state index in [1.165, 1.54) is 0 Å². The molecular weight excluding hydrogens is 273 g/mol. The number of aryl methyl sites for hydroxylation is 1. The van der Waals surface area contributed by atoms with Gasteiger partial charge in [-0.2, -0.15) is 13.2 Å². The maximum Gasteiger partial charge on any atom is 0.389 e. The lowest BCUT2D eigenvalue weighted by Gasteiger charge is -2.05. The first kappa shape index (κ1) is 13.1. The Hall–Kier alpha value is -1.92. The molecule has 1 aliphatic rings. The lowest BCUT2D eigenvalue weighted by Crippen LogP contribution is -2.09. The van der Waals surface area contributed by atoms with E-state index in [1.807, 2.05) is 0 Å². The molecular formula is C13H13F3N2O2. The number of hydrogen-bond acceptors (Lipinski definition) is 3. The number of nitrogens with zero attached hydrogens (tertiary/aromatic N) is 1. The van der Waals surface area contributed by atoms with Gasteiger partial charge in [0.2, 0.25) is 0 Å². The number of nitrogens with one attached hydrogen (secondary N) is 1. The van der Waals surface area contributed by atoms with Crippen LogP contribution in [0.1, 0.15) is 18.7 Å². The zero-order valence-corrected chi connectivity index (χ0v) is 10.6. The summed E-state index contributed by atoms with van der Waals surface area (Å²) >= 11 is 0. The molecule has 0 bridgehead atoms. The number of H-pyrrole nitrogens is 1. The molecule has 0 saturated heterocycles. The van der Waals surface area contributed by atoms with Crippen molar-refractivity contribution in [3.63, 3.8) is 0 Å². The summed E-state index contributed by atoms with van der Waals surface area (Å²) in [5.41, 5.74) is 1.25. The minimum absolute atomic E-state index is 0.162. The van der Waals surface area contributed by atoms with Crippen LogP contribution in [0.25, 0.3) is 11.0 Å². The van der Waals surface area contributed by atoms with E-state index in [9.17, 15) is 13.2 Å². The van der Waals surface area contributed by atoms with E-state index >= 15 is 0 Å². The standard InChI is InChI=1S/C13H13F3N2O2/c14-13(15,16)3-2-12-17-8-6-10-11(7-9(8)18-12)20-5-1-4-19-10/h6-7H,1-5H2,(H,17,18). The Kier molecular flexibility index (Phi) is 3.19. The first-order valence-electron chi connectivity index (χ1n) is 6.36. The van der Waals surface area contributed by atoms with Crippen molar-refractivity contribution >= 4 is 11.0 Å². The molecule has 2 aromatic rings. The number of ether oxygens (including phenoxy) is 2. The summed E-state index contributed by atoms with van der Waals surface area (Å²) in [6.45, 7) is 1.12. The predicted molar refractivity (Wildman–Crippen MR) is 66.1 cm³/mol. The lowest BCUT2D eigenvalue weighted by atomic mass is 10.3. The molecule has 7 heteroatoms. The molecule has 0 radical (unpaired) electrons. The highest BCUT2D eigenvalue weighted by molar-refractivity contribution is 5.79. The van der Waals surface area contributed by atoms with Crippen molar-refractivity contribution in [3.05, 3.63) is 18.0 Å². The number of rotatable bonds is 2. The number of imidazole rings is 1. The average Bonchev–Trinajstić information content (AvgIpc) is 2.62. The van der Waals surface area contributed by atoms with Gasteiger partial charge in [-0.15, -0.1) is 0 Å². The molecule has 2 heterocycles. The summed E-state index contributed by atoms with van der Waals surface area (Å²) in [6.07, 6.45) is -4.43. The van der Waals surface area contributed by atoms with Crippen LogP contribution in [0.3, 0.4) is 0 Å². The number of hydrogen-bond donors (Lipinski definition) is 1. The maximum absolute atomic E-state index is 12.2. The van der Waals surface area contributed by atoms with Crippen LogP contribution in [-0.2, 0) is 6.42 Å². The van der Waals surface area contributed by atoms with Crippen LogP contribution in [-0.4, -0.2) is 29.4 Å². The summed E-state index contributed by atoms with van der Waals surface area (Å²) in [4.78, 5) is 7.06. The van der Waals surface area contributed by atoms with Crippen LogP contribution in [0, 0.1) is 0 Å². The zero-order chi connectivity index (χ0) is 14.2. The van der Waals surface area contributed by atoms with Crippen molar-refractivity contribution in [1.29, 1.82) is 0 Å². The third kappa shape index (κ3) is 2.81. The number of alkyl halides is 3. The quantitative estimate of drug-likeness (QED) is 0.922. The molecule has 0 amide bonds. The van der Waals surface area contributed by atoms with Crippen molar-refractivity contribution in [2.75, 3.05) is 13.2 Å². The maximum atomic E-state index is 12.2. The molecule has 1 aromatic carbocycles. The Bertz CT molecular complexity index is 579. The highest BCUT2D eigenvalue weighted by Gasteiger charge is 2.27. The highest BCUT2D eigenvalue weighted by atomic mass is 19.4. The molecule has 3 rings (SSSR count). The van der Waals surface area contributed by atoms with Crippen LogP contribution >= 0.6 is 0 Å². The first-order valence-corrected chi connectivity index (χ1v) is 6.36. The van der Waals surface area contributed by atoms with Gasteiger partial charge < -0.3 is 14.5 Å². The summed E-state index contributed by atoms with van der Waals surface area (Å²) in [7, 11) is 0. The molecule has 20 heavy (non-hydrogen) atoms. The molecule has 0 unspecified atom stereocenters. The van der Waals surface area contributed by atoms with Gasteiger partial charge in [0.1, 0.15) is 5.82 Å². The van der Waals surface area contributed by atoms with Crippen molar-refractivity contribution in [2.45, 2.75) is 25.4 Å². The minimum atomic E-state index is -4.18. The van der Waals surface area contributed by atoms with Gasteiger partial charge >= 0.3 is 6.18 Å². The van der Waals surface area contributed by atoms with Gasteiger partial charge in [0.15, 0.2) is 11.5 Å². The van der Waals surface area contributed by atoms with Crippen LogP contribution in [0.2, 0.25) is 0 Å². The first-order chi connectivity index (χ1) is 9.51. The second-order valence-corrected chi connectivity index (χ2v) is 4.67. The summed E-state index contributed by atoms with van der Waals surface area (Å²) in [5.74, 6) is 1.50. The molecule has 1 aliphatic heterocycles. The smallest absolute Gasteiger partial charge is 0.389 e. The monoisotopic (exact) mass is 286 g/mol. The molecule has 0 fully saturated rings. The topological polar surface area (TPSA) is 47.1 Å². The van der Waals surface area contributed by atoms with Crippen molar-refractivity contribution < 1.29 is 22.6 Å². The molecule has 1 N–H and O–H groups in total. The summed E-state index contributed by atoms with van der Waals surface area (Å²) < 4.78 is 47.7. The summed E-state index contributed by atoms with van der Waals surface area (Å²) in [6, 6.07) is 3.42. The highest BCUT2D eigenvalue weighted by Crippen LogP contribution is 2.33. The molecule has 108 valence electrons. The van der Waals surface area contributed by atoms with Gasteiger partial charge in [-0.1, -0.05) is 0 Å². The van der Waals surface area contributed by atoms with Gasteiger partial charge in [-0.3, -0.25) is 0 Å². The third-order valence-corrected chi connectivity index (χ3v) is 3.05. The summed E-state index contributed by atoms with van der Waals surface area (Å²) in [5, 5.41) is 0. The van der Waals surface area contributed by atoms with Gasteiger partial charge in [-0.25, -0.2) is 4.98 Å². The van der Waals surface area contributed by atoms with E-state index in [4.69, 9.17) is 9.47 Å². The Morgan fingerprint density at radius 2 is 1.85 bits per heavy atom. The number of benzene rings is 1. The minimum Gasteiger partial charge on any atom is -0.489 e.